The number of anilines is 2. The second-order valence-electron chi connectivity index (χ2n) is 9.48. The fourth-order valence-corrected chi connectivity index (χ4v) is 4.13. The Kier molecular flexibility index (Phi) is 7.81. The van der Waals surface area contributed by atoms with Crippen molar-refractivity contribution in [1.82, 2.24) is 15.4 Å². The van der Waals surface area contributed by atoms with Crippen LogP contribution >= 0.6 is 0 Å². The summed E-state index contributed by atoms with van der Waals surface area (Å²) in [5, 5.41) is 7.05. The van der Waals surface area contributed by atoms with Gasteiger partial charge in [-0.25, -0.2) is 9.38 Å². The summed E-state index contributed by atoms with van der Waals surface area (Å²) in [5.74, 6) is 0.788. The molecule has 200 valence electrons. The Morgan fingerprint density at radius 3 is 2.67 bits per heavy atom. The van der Waals surface area contributed by atoms with Crippen molar-refractivity contribution in [3.63, 3.8) is 0 Å². The predicted octanol–water partition coefficient (Wildman–Crippen LogP) is 7.20. The summed E-state index contributed by atoms with van der Waals surface area (Å²) >= 11 is 0. The van der Waals surface area contributed by atoms with Crippen LogP contribution in [0.1, 0.15) is 48.1 Å². The number of hydrogen-bond donors (Lipinski definition) is 2. The summed E-state index contributed by atoms with van der Waals surface area (Å²) < 4.78 is 53.7. The standard InChI is InChI=1S/C29H26F4N6/c30-27-18-36-28(6-2-5-26(27)21-12-20(14-34-15-21)11-19-7-8-19)39-37-17-24-9-10-25(16-35-24)38-23-4-1-3-22(13-23)29(31,32)33/h1,3-5,9-10,12-19,38H,2,6-8,11H2,(H,36,39)/b26-5?,27-18?,37-17+. The SMILES string of the molecule is FC1=CN=C(N/N=C/c2ccc(Nc3cccc(C(F)(F)F)c3)cn2)CCC=C1c1cncc(CC2CC2)c1. The topological polar surface area (TPSA) is 74.6 Å². The number of allylic oxidation sites excluding steroid dienone is 3. The molecule has 1 aliphatic heterocycles. The molecule has 3 heterocycles. The minimum Gasteiger partial charge on any atom is -0.354 e. The average Bonchev–Trinajstić information content (AvgIpc) is 3.73. The van der Waals surface area contributed by atoms with E-state index in [9.17, 15) is 17.6 Å². The molecule has 0 bridgehead atoms. The minimum absolute atomic E-state index is 0.303. The van der Waals surface area contributed by atoms with E-state index in [4.69, 9.17) is 0 Å². The van der Waals surface area contributed by atoms with Crippen molar-refractivity contribution >= 4 is 29.0 Å². The molecule has 0 saturated heterocycles. The Labute approximate surface area is 223 Å². The van der Waals surface area contributed by atoms with E-state index in [0.29, 0.717) is 41.3 Å². The number of pyridine rings is 2. The predicted molar refractivity (Wildman–Crippen MR) is 144 cm³/mol. The smallest absolute Gasteiger partial charge is 0.354 e. The van der Waals surface area contributed by atoms with Gasteiger partial charge >= 0.3 is 6.18 Å². The van der Waals surface area contributed by atoms with Crippen LogP contribution in [0.3, 0.4) is 0 Å². The number of rotatable bonds is 7. The zero-order valence-corrected chi connectivity index (χ0v) is 20.9. The molecule has 1 aromatic carbocycles. The van der Waals surface area contributed by atoms with Gasteiger partial charge in [-0.3, -0.25) is 15.4 Å². The summed E-state index contributed by atoms with van der Waals surface area (Å²) in [4.78, 5) is 12.8. The number of nitrogens with zero attached hydrogens (tertiary/aromatic N) is 4. The Morgan fingerprint density at radius 2 is 1.90 bits per heavy atom. The summed E-state index contributed by atoms with van der Waals surface area (Å²) in [7, 11) is 0. The quantitative estimate of drug-likeness (QED) is 0.191. The molecule has 0 unspecified atom stereocenters. The van der Waals surface area contributed by atoms with Crippen molar-refractivity contribution < 1.29 is 17.6 Å². The van der Waals surface area contributed by atoms with Crippen LogP contribution in [0.25, 0.3) is 5.57 Å². The Morgan fingerprint density at radius 1 is 1.03 bits per heavy atom. The van der Waals surface area contributed by atoms with Crippen molar-refractivity contribution in [2.45, 2.75) is 38.3 Å². The average molecular weight is 535 g/mol. The Bertz CT molecular complexity index is 1440. The van der Waals surface area contributed by atoms with Gasteiger partial charge in [0.15, 0.2) is 0 Å². The molecule has 3 aromatic rings. The third-order valence-corrected chi connectivity index (χ3v) is 6.30. The zero-order chi connectivity index (χ0) is 27.2. The van der Waals surface area contributed by atoms with Crippen LogP contribution in [0, 0.1) is 5.92 Å². The lowest BCUT2D eigenvalue weighted by Gasteiger charge is -2.11. The summed E-state index contributed by atoms with van der Waals surface area (Å²) in [6, 6.07) is 10.3. The highest BCUT2D eigenvalue weighted by atomic mass is 19.4. The van der Waals surface area contributed by atoms with Crippen molar-refractivity contribution in [1.29, 1.82) is 0 Å². The van der Waals surface area contributed by atoms with Crippen LogP contribution in [-0.4, -0.2) is 22.0 Å². The highest BCUT2D eigenvalue weighted by Gasteiger charge is 2.30. The number of alkyl halides is 3. The van der Waals surface area contributed by atoms with Gasteiger partial charge < -0.3 is 5.32 Å². The molecule has 0 radical (unpaired) electrons. The normalized spacial score (nSPS) is 16.2. The zero-order valence-electron chi connectivity index (χ0n) is 20.9. The van der Waals surface area contributed by atoms with Gasteiger partial charge in [0.1, 0.15) is 11.7 Å². The van der Waals surface area contributed by atoms with E-state index in [1.807, 2.05) is 18.3 Å². The molecule has 10 heteroatoms. The first kappa shape index (κ1) is 26.3. The summed E-state index contributed by atoms with van der Waals surface area (Å²) in [5.41, 5.74) is 5.82. The number of halogens is 4. The lowest BCUT2D eigenvalue weighted by molar-refractivity contribution is -0.137. The first-order valence-electron chi connectivity index (χ1n) is 12.6. The number of aromatic nitrogens is 2. The van der Waals surface area contributed by atoms with E-state index < -0.39 is 17.6 Å². The first-order chi connectivity index (χ1) is 18.8. The number of hydrazone groups is 1. The molecule has 2 aromatic heterocycles. The maximum atomic E-state index is 14.9. The van der Waals surface area contributed by atoms with E-state index in [0.717, 1.165) is 35.6 Å². The number of aliphatic imine (C=N–C) groups is 1. The summed E-state index contributed by atoms with van der Waals surface area (Å²) in [6.07, 6.45) is 9.69. The second kappa shape index (κ2) is 11.6. The van der Waals surface area contributed by atoms with Crippen molar-refractivity contribution in [3.8, 4) is 0 Å². The third-order valence-electron chi connectivity index (χ3n) is 6.30. The Balaban J connectivity index is 1.18. The number of amidine groups is 1. The first-order valence-corrected chi connectivity index (χ1v) is 12.6. The van der Waals surface area contributed by atoms with Gasteiger partial charge in [-0.1, -0.05) is 12.1 Å². The Hall–Kier alpha value is -4.34. The molecule has 39 heavy (non-hydrogen) atoms. The van der Waals surface area contributed by atoms with E-state index >= 15 is 0 Å². The van der Waals surface area contributed by atoms with Crippen LogP contribution in [0.5, 0.6) is 0 Å². The third kappa shape index (κ3) is 7.37. The van der Waals surface area contributed by atoms with Gasteiger partial charge in [-0.2, -0.15) is 18.3 Å². The minimum atomic E-state index is -4.41. The second-order valence-corrected chi connectivity index (χ2v) is 9.48. The van der Waals surface area contributed by atoms with Gasteiger partial charge in [0.25, 0.3) is 0 Å². The molecule has 2 N–H and O–H groups in total. The van der Waals surface area contributed by atoms with E-state index in [1.54, 1.807) is 24.4 Å². The fourth-order valence-electron chi connectivity index (χ4n) is 4.13. The van der Waals surface area contributed by atoms with Crippen LogP contribution in [0.4, 0.5) is 28.9 Å². The lowest BCUT2D eigenvalue weighted by atomic mass is 10.0. The molecule has 6 nitrogen and oxygen atoms in total. The molecule has 2 aliphatic rings. The van der Waals surface area contributed by atoms with Gasteiger partial charge in [-0.05, 0) is 73.6 Å². The monoisotopic (exact) mass is 534 g/mol. The van der Waals surface area contributed by atoms with Crippen LogP contribution < -0.4 is 10.7 Å². The fraction of sp³-hybridized carbons (Fsp3) is 0.241. The van der Waals surface area contributed by atoms with Crippen LogP contribution in [0.2, 0.25) is 0 Å². The van der Waals surface area contributed by atoms with Crippen LogP contribution in [0.15, 0.2) is 89.3 Å². The lowest BCUT2D eigenvalue weighted by Crippen LogP contribution is -2.18. The van der Waals surface area contributed by atoms with Crippen LogP contribution in [-0.2, 0) is 12.6 Å². The highest BCUT2D eigenvalue weighted by Crippen LogP contribution is 2.34. The molecular weight excluding hydrogens is 508 g/mol. The molecule has 0 atom stereocenters. The number of hydrogen-bond acceptors (Lipinski definition) is 6. The molecule has 5 rings (SSSR count). The van der Waals surface area contributed by atoms with Gasteiger partial charge in [-0.15, -0.1) is 0 Å². The molecular formula is C29H26F4N6. The molecule has 1 aliphatic carbocycles. The van der Waals surface area contributed by atoms with Gasteiger partial charge in [0.2, 0.25) is 0 Å². The molecule has 1 fully saturated rings. The molecule has 0 spiro atoms. The van der Waals surface area contributed by atoms with Crippen molar-refractivity contribution in [2.24, 2.45) is 16.0 Å². The van der Waals surface area contributed by atoms with Crippen molar-refractivity contribution in [3.05, 3.63) is 102 Å². The van der Waals surface area contributed by atoms with E-state index in [2.05, 4.69) is 30.8 Å². The van der Waals surface area contributed by atoms with E-state index in [-0.39, 0.29) is 0 Å². The maximum absolute atomic E-state index is 14.9. The van der Waals surface area contributed by atoms with Crippen molar-refractivity contribution in [2.75, 3.05) is 5.32 Å². The number of benzene rings is 1. The van der Waals surface area contributed by atoms with Gasteiger partial charge in [0, 0.05) is 35.6 Å². The summed E-state index contributed by atoms with van der Waals surface area (Å²) in [6.45, 7) is 0. The number of nitrogens with one attached hydrogen (secondary N) is 2. The molecule has 0 amide bonds. The largest absolute Gasteiger partial charge is 0.416 e. The maximum Gasteiger partial charge on any atom is 0.416 e. The highest BCUT2D eigenvalue weighted by molar-refractivity contribution is 5.87. The van der Waals surface area contributed by atoms with E-state index in [1.165, 1.54) is 37.5 Å². The van der Waals surface area contributed by atoms with Gasteiger partial charge in [0.05, 0.1) is 35.6 Å². The molecule has 1 saturated carbocycles.